The molecule has 66 valence electrons. The first kappa shape index (κ1) is 10.6. The monoisotopic (exact) mass is 160 g/mol. The molecule has 0 aromatic heterocycles. The van der Waals surface area contributed by atoms with Crippen LogP contribution in [0.5, 0.6) is 0 Å². The van der Waals surface area contributed by atoms with Crippen molar-refractivity contribution in [2.24, 2.45) is 5.92 Å². The van der Waals surface area contributed by atoms with Crippen molar-refractivity contribution in [2.45, 2.75) is 6.42 Å². The molecule has 0 unspecified atom stereocenters. The number of aliphatic hydroxyl groups is 2. The molecule has 0 aliphatic rings. The second-order valence-corrected chi connectivity index (χ2v) is 2.38. The fraction of sp³-hybridized carbons (Fsp3) is 0.750. The van der Waals surface area contributed by atoms with Gasteiger partial charge in [-0.25, -0.2) is 0 Å². The van der Waals surface area contributed by atoms with Gasteiger partial charge >= 0.3 is 0 Å². The summed E-state index contributed by atoms with van der Waals surface area (Å²) in [5.41, 5.74) is 0. The van der Waals surface area contributed by atoms with Crippen molar-refractivity contribution in [1.82, 2.24) is 0 Å². The van der Waals surface area contributed by atoms with Crippen LogP contribution in [0.1, 0.15) is 6.42 Å². The van der Waals surface area contributed by atoms with E-state index in [9.17, 15) is 0 Å². The third kappa shape index (κ3) is 6.04. The average molecular weight is 160 g/mol. The second-order valence-electron chi connectivity index (χ2n) is 2.38. The molecule has 0 aliphatic carbocycles. The van der Waals surface area contributed by atoms with Gasteiger partial charge in [0, 0.05) is 25.7 Å². The molecule has 0 saturated heterocycles. The molecule has 0 radical (unpaired) electrons. The van der Waals surface area contributed by atoms with Gasteiger partial charge in [-0.3, -0.25) is 0 Å². The minimum Gasteiger partial charge on any atom is -0.396 e. The number of hydrogen-bond acceptors (Lipinski definition) is 3. The van der Waals surface area contributed by atoms with Crippen LogP contribution < -0.4 is 0 Å². The minimum absolute atomic E-state index is 0.0218. The Hall–Kier alpha value is -0.380. The van der Waals surface area contributed by atoms with Crippen LogP contribution in [0.15, 0.2) is 12.7 Å². The highest BCUT2D eigenvalue weighted by Gasteiger charge is 2.03. The van der Waals surface area contributed by atoms with E-state index in [2.05, 4.69) is 6.58 Å². The van der Waals surface area contributed by atoms with Gasteiger partial charge in [0.05, 0.1) is 6.61 Å². The summed E-state index contributed by atoms with van der Waals surface area (Å²) in [7, 11) is 0. The number of hydrogen-bond donors (Lipinski definition) is 2. The molecule has 3 nitrogen and oxygen atoms in total. The van der Waals surface area contributed by atoms with Crippen molar-refractivity contribution in [3.63, 3.8) is 0 Å². The molecule has 0 aromatic carbocycles. The number of rotatable bonds is 7. The summed E-state index contributed by atoms with van der Waals surface area (Å²) in [5, 5.41) is 17.3. The van der Waals surface area contributed by atoms with Gasteiger partial charge in [0.1, 0.15) is 0 Å². The zero-order valence-corrected chi connectivity index (χ0v) is 6.70. The van der Waals surface area contributed by atoms with Crippen LogP contribution in [-0.2, 0) is 4.74 Å². The summed E-state index contributed by atoms with van der Waals surface area (Å²) in [5.74, 6) is -0.0418. The first-order valence-corrected chi connectivity index (χ1v) is 3.75. The molecule has 0 saturated carbocycles. The lowest BCUT2D eigenvalue weighted by atomic mass is 10.1. The Morgan fingerprint density at radius 1 is 1.36 bits per heavy atom. The summed E-state index contributed by atoms with van der Waals surface area (Å²) in [6, 6.07) is 0. The Morgan fingerprint density at radius 2 is 2.00 bits per heavy atom. The maximum Gasteiger partial charge on any atom is 0.0644 e. The van der Waals surface area contributed by atoms with E-state index in [0.717, 1.165) is 0 Å². The molecular weight excluding hydrogens is 144 g/mol. The van der Waals surface area contributed by atoms with Crippen LogP contribution in [0.25, 0.3) is 0 Å². The largest absolute Gasteiger partial charge is 0.396 e. The predicted molar refractivity (Wildman–Crippen MR) is 43.3 cm³/mol. The molecule has 0 spiro atoms. The molecule has 0 rings (SSSR count). The van der Waals surface area contributed by atoms with Crippen molar-refractivity contribution < 1.29 is 14.9 Å². The van der Waals surface area contributed by atoms with Crippen molar-refractivity contribution in [2.75, 3.05) is 26.4 Å². The normalized spacial score (nSPS) is 10.5. The standard InChI is InChI=1S/C8H16O3/c1-2-4-11-5-3-8(6-9)7-10/h2,8-10H,1,3-7H2. The van der Waals surface area contributed by atoms with Gasteiger partial charge in [-0.15, -0.1) is 6.58 Å². The third-order valence-electron chi connectivity index (χ3n) is 1.42. The van der Waals surface area contributed by atoms with Gasteiger partial charge in [0.25, 0.3) is 0 Å². The van der Waals surface area contributed by atoms with Gasteiger partial charge in [-0.2, -0.15) is 0 Å². The van der Waals surface area contributed by atoms with Crippen molar-refractivity contribution >= 4 is 0 Å². The number of ether oxygens (including phenoxy) is 1. The summed E-state index contributed by atoms with van der Waals surface area (Å²) in [6.07, 6.45) is 2.37. The smallest absolute Gasteiger partial charge is 0.0644 e. The maximum absolute atomic E-state index is 8.65. The molecule has 0 fully saturated rings. The molecule has 0 atom stereocenters. The van der Waals surface area contributed by atoms with Crippen molar-refractivity contribution in [1.29, 1.82) is 0 Å². The fourth-order valence-electron chi connectivity index (χ4n) is 0.657. The Bertz CT molecular complexity index is 89.3. The Kier molecular flexibility index (Phi) is 7.46. The quantitative estimate of drug-likeness (QED) is 0.412. The SMILES string of the molecule is C=CCOCCC(CO)CO. The van der Waals surface area contributed by atoms with Crippen molar-refractivity contribution in [3.05, 3.63) is 12.7 Å². The molecule has 0 bridgehead atoms. The van der Waals surface area contributed by atoms with E-state index in [4.69, 9.17) is 14.9 Å². The highest BCUT2D eigenvalue weighted by Crippen LogP contribution is 2.00. The lowest BCUT2D eigenvalue weighted by Gasteiger charge is -2.09. The lowest BCUT2D eigenvalue weighted by molar-refractivity contribution is 0.0960. The molecule has 3 heteroatoms. The molecule has 0 aromatic rings. The van der Waals surface area contributed by atoms with Crippen LogP contribution in [-0.4, -0.2) is 36.6 Å². The van der Waals surface area contributed by atoms with E-state index >= 15 is 0 Å². The lowest BCUT2D eigenvalue weighted by Crippen LogP contribution is -2.13. The van der Waals surface area contributed by atoms with E-state index in [0.29, 0.717) is 19.6 Å². The average Bonchev–Trinajstić information content (AvgIpc) is 2.05. The molecule has 0 amide bonds. The van der Waals surface area contributed by atoms with E-state index in [-0.39, 0.29) is 19.1 Å². The Balaban J connectivity index is 3.13. The van der Waals surface area contributed by atoms with E-state index in [1.165, 1.54) is 0 Å². The summed E-state index contributed by atoms with van der Waals surface area (Å²) in [4.78, 5) is 0. The molecule has 2 N–H and O–H groups in total. The zero-order chi connectivity index (χ0) is 8.53. The van der Waals surface area contributed by atoms with Gasteiger partial charge in [-0.05, 0) is 6.42 Å². The summed E-state index contributed by atoms with van der Waals surface area (Å²) < 4.78 is 5.08. The van der Waals surface area contributed by atoms with Gasteiger partial charge in [0.2, 0.25) is 0 Å². The molecule has 0 heterocycles. The fourth-order valence-corrected chi connectivity index (χ4v) is 0.657. The van der Waals surface area contributed by atoms with Crippen LogP contribution in [0.3, 0.4) is 0 Å². The minimum atomic E-state index is -0.0418. The molecular formula is C8H16O3. The second kappa shape index (κ2) is 7.72. The van der Waals surface area contributed by atoms with Gasteiger partial charge < -0.3 is 14.9 Å². The van der Waals surface area contributed by atoms with E-state index in [1.54, 1.807) is 6.08 Å². The van der Waals surface area contributed by atoms with Gasteiger partial charge in [-0.1, -0.05) is 6.08 Å². The first-order chi connectivity index (χ1) is 5.35. The number of aliphatic hydroxyl groups excluding tert-OH is 2. The summed E-state index contributed by atoms with van der Waals surface area (Å²) in [6.45, 7) is 4.64. The van der Waals surface area contributed by atoms with Crippen LogP contribution in [0.4, 0.5) is 0 Å². The highest BCUT2D eigenvalue weighted by atomic mass is 16.5. The Labute approximate surface area is 67.3 Å². The molecule has 11 heavy (non-hydrogen) atoms. The highest BCUT2D eigenvalue weighted by molar-refractivity contribution is 4.64. The van der Waals surface area contributed by atoms with Gasteiger partial charge in [0.15, 0.2) is 0 Å². The van der Waals surface area contributed by atoms with Crippen LogP contribution >= 0.6 is 0 Å². The van der Waals surface area contributed by atoms with Crippen molar-refractivity contribution in [3.8, 4) is 0 Å². The first-order valence-electron chi connectivity index (χ1n) is 3.75. The molecule has 0 aliphatic heterocycles. The van der Waals surface area contributed by atoms with E-state index in [1.807, 2.05) is 0 Å². The maximum atomic E-state index is 8.65. The van der Waals surface area contributed by atoms with E-state index < -0.39 is 0 Å². The zero-order valence-electron chi connectivity index (χ0n) is 6.70. The predicted octanol–water partition coefficient (Wildman–Crippen LogP) is 0.180. The van der Waals surface area contributed by atoms with Crippen LogP contribution in [0, 0.1) is 5.92 Å². The van der Waals surface area contributed by atoms with Crippen LogP contribution in [0.2, 0.25) is 0 Å². The summed E-state index contributed by atoms with van der Waals surface area (Å²) >= 11 is 0. The Morgan fingerprint density at radius 3 is 2.45 bits per heavy atom. The third-order valence-corrected chi connectivity index (χ3v) is 1.42. The topological polar surface area (TPSA) is 49.7 Å².